The third-order valence-electron chi connectivity index (χ3n) is 4.05. The molecule has 4 heteroatoms. The molecule has 0 aromatic rings. The van der Waals surface area contributed by atoms with Crippen molar-refractivity contribution in [3.63, 3.8) is 0 Å². The third-order valence-corrected chi connectivity index (χ3v) is 4.05. The minimum Gasteiger partial charge on any atom is -0.511 e. The average molecular weight is 270 g/mol. The smallest absolute Gasteiger partial charge is 0.154 e. The highest BCUT2D eigenvalue weighted by Crippen LogP contribution is 2.51. The van der Waals surface area contributed by atoms with Gasteiger partial charge in [-0.05, 0) is 22.8 Å². The van der Waals surface area contributed by atoms with Crippen LogP contribution in [-0.2, 0) is 0 Å². The topological polar surface area (TPSA) is 71.7 Å². The summed E-state index contributed by atoms with van der Waals surface area (Å²) in [6, 6.07) is 0. The molecule has 0 saturated heterocycles. The SMILES string of the molecule is CC(C)(C)C1=C(O)C(C)(C(C)(C)C)CC=C1.O=[O+][O-]. The van der Waals surface area contributed by atoms with Gasteiger partial charge in [-0.15, -0.1) is 0 Å². The van der Waals surface area contributed by atoms with Gasteiger partial charge in [0.15, 0.2) is 4.75 Å². The Balaban J connectivity index is 0.000000982. The molecule has 1 unspecified atom stereocenters. The normalized spacial score (nSPS) is 23.7. The molecule has 4 nitrogen and oxygen atoms in total. The van der Waals surface area contributed by atoms with Gasteiger partial charge >= 0.3 is 0 Å². The highest BCUT2D eigenvalue weighted by atomic mass is 17.2. The second-order valence-corrected chi connectivity index (χ2v) is 7.27. The van der Waals surface area contributed by atoms with Gasteiger partial charge in [0.2, 0.25) is 0 Å². The van der Waals surface area contributed by atoms with Crippen molar-refractivity contribution in [2.24, 2.45) is 16.2 Å². The Hall–Kier alpha value is -1.32. The largest absolute Gasteiger partial charge is 0.511 e. The Morgan fingerprint density at radius 3 is 2.00 bits per heavy atom. The van der Waals surface area contributed by atoms with Gasteiger partial charge in [-0.25, -0.2) is 0 Å². The van der Waals surface area contributed by atoms with E-state index in [0.29, 0.717) is 5.76 Å². The summed E-state index contributed by atoms with van der Waals surface area (Å²) < 4.78 is 1.75. The lowest BCUT2D eigenvalue weighted by atomic mass is 9.61. The third kappa shape index (κ3) is 3.82. The van der Waals surface area contributed by atoms with Crippen molar-refractivity contribution in [3.8, 4) is 0 Å². The minimum absolute atomic E-state index is 0.00745. The quantitative estimate of drug-likeness (QED) is 0.414. The molecule has 1 atom stereocenters. The Morgan fingerprint density at radius 1 is 1.26 bits per heavy atom. The fraction of sp³-hybridized carbons (Fsp3) is 0.733. The first-order valence-corrected chi connectivity index (χ1v) is 6.44. The second kappa shape index (κ2) is 5.76. The van der Waals surface area contributed by atoms with E-state index in [4.69, 9.17) is 10.2 Å². The van der Waals surface area contributed by atoms with Crippen LogP contribution in [0, 0.1) is 26.0 Å². The fourth-order valence-corrected chi connectivity index (χ4v) is 2.15. The second-order valence-electron chi connectivity index (χ2n) is 7.27. The maximum Gasteiger partial charge on any atom is 0.154 e. The molecule has 1 aliphatic rings. The number of hydrogen-bond acceptors (Lipinski definition) is 3. The summed E-state index contributed by atoms with van der Waals surface area (Å²) in [5, 5.41) is 18.5. The van der Waals surface area contributed by atoms with Crippen molar-refractivity contribution in [1.29, 1.82) is 0 Å². The van der Waals surface area contributed by atoms with Crippen molar-refractivity contribution in [2.75, 3.05) is 0 Å². The lowest BCUT2D eigenvalue weighted by Gasteiger charge is -2.44. The molecule has 19 heavy (non-hydrogen) atoms. The summed E-state index contributed by atoms with van der Waals surface area (Å²) in [5.74, 6) is 0.579. The van der Waals surface area contributed by atoms with E-state index in [-0.39, 0.29) is 16.2 Å². The Morgan fingerprint density at radius 2 is 1.68 bits per heavy atom. The summed E-state index contributed by atoms with van der Waals surface area (Å²) in [6.45, 7) is 15.2. The number of aliphatic hydroxyl groups is 1. The van der Waals surface area contributed by atoms with Crippen LogP contribution in [0.2, 0.25) is 0 Å². The fourth-order valence-electron chi connectivity index (χ4n) is 2.15. The Kier molecular flexibility index (Phi) is 5.36. The monoisotopic (exact) mass is 270 g/mol. The van der Waals surface area contributed by atoms with Crippen molar-refractivity contribution in [1.82, 2.24) is 0 Å². The summed E-state index contributed by atoms with van der Waals surface area (Å²) in [6.07, 6.45) is 5.20. The summed E-state index contributed by atoms with van der Waals surface area (Å²) in [7, 11) is 0. The average Bonchev–Trinajstić information content (AvgIpc) is 2.20. The summed E-state index contributed by atoms with van der Waals surface area (Å²) in [4.78, 5) is 7.88. The zero-order valence-corrected chi connectivity index (χ0v) is 13.0. The number of rotatable bonds is 0. The Bertz CT molecular complexity index is 380. The molecular weight excluding hydrogens is 244 g/mol. The van der Waals surface area contributed by atoms with Gasteiger partial charge in [-0.3, -0.25) is 0 Å². The first kappa shape index (κ1) is 17.7. The molecule has 0 amide bonds. The van der Waals surface area contributed by atoms with Crippen LogP contribution in [0.5, 0.6) is 0 Å². The molecule has 0 aliphatic heterocycles. The van der Waals surface area contributed by atoms with Gasteiger partial charge in [0, 0.05) is 5.41 Å². The van der Waals surface area contributed by atoms with Gasteiger partial charge in [0.1, 0.15) is 5.76 Å². The van der Waals surface area contributed by atoms with E-state index in [1.807, 2.05) is 0 Å². The number of allylic oxidation sites excluding steroid dienone is 4. The zero-order chi connectivity index (χ0) is 15.5. The minimum atomic E-state index is -0.148. The van der Waals surface area contributed by atoms with E-state index >= 15 is 0 Å². The van der Waals surface area contributed by atoms with Crippen LogP contribution in [0.3, 0.4) is 0 Å². The zero-order valence-electron chi connectivity index (χ0n) is 13.0. The summed E-state index contributed by atoms with van der Waals surface area (Å²) in [5.41, 5.74) is 1.01. The van der Waals surface area contributed by atoms with E-state index in [9.17, 15) is 5.11 Å². The molecule has 110 valence electrons. The van der Waals surface area contributed by atoms with E-state index in [0.717, 1.165) is 12.0 Å². The van der Waals surface area contributed by atoms with Crippen molar-refractivity contribution < 1.29 is 10.4 Å². The van der Waals surface area contributed by atoms with Gasteiger partial charge in [0.25, 0.3) is 0 Å². The lowest BCUT2D eigenvalue weighted by Crippen LogP contribution is -2.37. The van der Waals surface area contributed by atoms with Crippen molar-refractivity contribution in [3.05, 3.63) is 33.2 Å². The van der Waals surface area contributed by atoms with Crippen LogP contribution < -0.4 is 5.26 Å². The van der Waals surface area contributed by atoms with Crippen molar-refractivity contribution >= 4 is 0 Å². The van der Waals surface area contributed by atoms with Crippen LogP contribution in [0.15, 0.2) is 23.5 Å². The highest BCUT2D eigenvalue weighted by molar-refractivity contribution is 5.35. The molecule has 1 N–H and O–H groups in total. The van der Waals surface area contributed by atoms with Gasteiger partial charge in [-0.1, -0.05) is 70.8 Å². The molecule has 0 radical (unpaired) electrons. The van der Waals surface area contributed by atoms with Gasteiger partial charge < -0.3 is 5.11 Å². The molecule has 0 aromatic heterocycles. The Labute approximate surface area is 115 Å². The van der Waals surface area contributed by atoms with Crippen LogP contribution in [0.1, 0.15) is 54.9 Å². The molecule has 1 rings (SSSR count). The first-order valence-electron chi connectivity index (χ1n) is 6.44. The van der Waals surface area contributed by atoms with E-state index in [2.05, 4.69) is 60.6 Å². The molecule has 1 aliphatic carbocycles. The summed E-state index contributed by atoms with van der Waals surface area (Å²) >= 11 is 0. The number of aliphatic hydroxyl groups excluding tert-OH is 1. The lowest BCUT2D eigenvalue weighted by molar-refractivity contribution is -0.284. The standard InChI is InChI=1S/C15H26O.O3/c1-13(2,3)11-9-8-10-15(7,12(11)16)14(4,5)6;1-3-2/h8-9,16H,10H2,1-7H3;. The molecule has 0 heterocycles. The highest BCUT2D eigenvalue weighted by Gasteiger charge is 2.44. The van der Waals surface area contributed by atoms with Crippen molar-refractivity contribution in [2.45, 2.75) is 54.9 Å². The molecular formula is C15H26O4. The van der Waals surface area contributed by atoms with E-state index in [1.165, 1.54) is 0 Å². The number of hydrogen-bond donors (Lipinski definition) is 1. The van der Waals surface area contributed by atoms with Crippen LogP contribution in [-0.4, -0.2) is 5.11 Å². The predicted octanol–water partition coefficient (Wildman–Crippen LogP) is 3.73. The maximum atomic E-state index is 10.6. The van der Waals surface area contributed by atoms with Crippen LogP contribution in [0.25, 0.3) is 0 Å². The van der Waals surface area contributed by atoms with Crippen LogP contribution >= 0.6 is 0 Å². The van der Waals surface area contributed by atoms with Crippen LogP contribution in [0.4, 0.5) is 0 Å². The molecule has 0 saturated carbocycles. The molecule has 0 fully saturated rings. The maximum absolute atomic E-state index is 10.6. The molecule has 0 aromatic carbocycles. The molecule has 0 bridgehead atoms. The van der Waals surface area contributed by atoms with Gasteiger partial charge in [0.05, 0.1) is 0 Å². The van der Waals surface area contributed by atoms with E-state index < -0.39 is 0 Å². The van der Waals surface area contributed by atoms with Gasteiger partial charge in [-0.2, -0.15) is 0 Å². The first-order chi connectivity index (χ1) is 8.41. The molecule has 0 spiro atoms. The predicted molar refractivity (Wildman–Crippen MR) is 77.2 cm³/mol. The van der Waals surface area contributed by atoms with E-state index in [1.54, 1.807) is 4.75 Å².